The van der Waals surface area contributed by atoms with Gasteiger partial charge in [-0.3, -0.25) is 24.1 Å². The number of imide groups is 1. The molecule has 21 heavy (non-hydrogen) atoms. The van der Waals surface area contributed by atoms with Crippen LogP contribution in [-0.4, -0.2) is 49.8 Å². The van der Waals surface area contributed by atoms with Gasteiger partial charge in [0.25, 0.3) is 5.24 Å². The van der Waals surface area contributed by atoms with Crippen molar-refractivity contribution in [3.8, 4) is 0 Å². The molecule has 0 unspecified atom stereocenters. The van der Waals surface area contributed by atoms with E-state index in [1.807, 2.05) is 0 Å². The fraction of sp³-hybridized carbons (Fsp3) is 0.364. The van der Waals surface area contributed by atoms with E-state index in [4.69, 9.17) is 5.11 Å². The lowest BCUT2D eigenvalue weighted by Gasteiger charge is -2.11. The third-order valence-electron chi connectivity index (χ3n) is 2.60. The highest BCUT2D eigenvalue weighted by Gasteiger charge is 2.40. The van der Waals surface area contributed by atoms with Gasteiger partial charge in [-0.15, -0.1) is 11.3 Å². The summed E-state index contributed by atoms with van der Waals surface area (Å²) in [5.41, 5.74) is 0. The van der Waals surface area contributed by atoms with Crippen LogP contribution in [0.25, 0.3) is 0 Å². The van der Waals surface area contributed by atoms with E-state index in [-0.39, 0.29) is 19.4 Å². The highest BCUT2D eigenvalue weighted by atomic mass is 32.2. The van der Waals surface area contributed by atoms with Gasteiger partial charge in [0.2, 0.25) is 11.8 Å². The zero-order chi connectivity index (χ0) is 15.4. The van der Waals surface area contributed by atoms with Crippen molar-refractivity contribution in [2.75, 3.05) is 11.9 Å². The number of thioether (sulfide) groups is 1. The van der Waals surface area contributed by atoms with Crippen LogP contribution in [0.1, 0.15) is 12.8 Å². The van der Waals surface area contributed by atoms with Gasteiger partial charge < -0.3 is 10.4 Å². The Bertz CT molecular complexity index is 574. The van der Waals surface area contributed by atoms with Crippen molar-refractivity contribution in [2.45, 2.75) is 18.1 Å². The number of nitrogens with one attached hydrogen (secondary N) is 1. The molecule has 0 aromatic carbocycles. The smallest absolute Gasteiger partial charge is 0.305 e. The van der Waals surface area contributed by atoms with E-state index >= 15 is 0 Å². The summed E-state index contributed by atoms with van der Waals surface area (Å²) in [5, 5.41) is 11.9. The van der Waals surface area contributed by atoms with Crippen molar-refractivity contribution in [2.24, 2.45) is 0 Å². The van der Waals surface area contributed by atoms with Gasteiger partial charge in [0.1, 0.15) is 5.25 Å². The van der Waals surface area contributed by atoms with Crippen molar-refractivity contribution in [3.63, 3.8) is 0 Å². The lowest BCUT2D eigenvalue weighted by atomic mass is 10.2. The lowest BCUT2D eigenvalue weighted by Crippen LogP contribution is -2.34. The first-order valence-corrected chi connectivity index (χ1v) is 7.66. The van der Waals surface area contributed by atoms with Crippen LogP contribution in [0.3, 0.4) is 0 Å². The topological polar surface area (TPSA) is 117 Å². The Morgan fingerprint density at radius 2 is 2.19 bits per heavy atom. The number of aliphatic carboxylic acids is 1. The van der Waals surface area contributed by atoms with Gasteiger partial charge in [0, 0.05) is 24.5 Å². The standard InChI is InChI=1S/C11H11N3O5S2/c15-7(13-10-12-2-4-20-10)5-6-9(18)14(11(19)21-6)3-1-8(16)17/h2,4,6H,1,3,5H2,(H,16,17)(H,12,13,15)/t6-/m0/s1. The summed E-state index contributed by atoms with van der Waals surface area (Å²) in [4.78, 5) is 50.6. The predicted octanol–water partition coefficient (Wildman–Crippen LogP) is 1.01. The van der Waals surface area contributed by atoms with Gasteiger partial charge in [-0.2, -0.15) is 0 Å². The summed E-state index contributed by atoms with van der Waals surface area (Å²) in [6.07, 6.45) is 1.07. The average Bonchev–Trinajstić information content (AvgIpc) is 2.98. The second-order valence-electron chi connectivity index (χ2n) is 4.10. The molecule has 1 aromatic rings. The Hall–Kier alpha value is -1.94. The van der Waals surface area contributed by atoms with E-state index in [2.05, 4.69) is 10.3 Å². The summed E-state index contributed by atoms with van der Waals surface area (Å²) in [7, 11) is 0. The molecule has 112 valence electrons. The van der Waals surface area contributed by atoms with Crippen LogP contribution in [0.5, 0.6) is 0 Å². The lowest BCUT2D eigenvalue weighted by molar-refractivity contribution is -0.137. The number of rotatable bonds is 6. The molecule has 0 aliphatic carbocycles. The number of anilines is 1. The summed E-state index contributed by atoms with van der Waals surface area (Å²) in [6.45, 7) is -0.176. The Morgan fingerprint density at radius 3 is 2.81 bits per heavy atom. The number of amides is 3. The fourth-order valence-corrected chi connectivity index (χ4v) is 3.22. The summed E-state index contributed by atoms with van der Waals surface area (Å²) in [5.74, 6) is -2.03. The molecule has 8 nitrogen and oxygen atoms in total. The van der Waals surface area contributed by atoms with E-state index in [1.54, 1.807) is 5.38 Å². The zero-order valence-corrected chi connectivity index (χ0v) is 12.3. The van der Waals surface area contributed by atoms with Crippen LogP contribution in [0.4, 0.5) is 9.93 Å². The molecule has 1 saturated heterocycles. The quantitative estimate of drug-likeness (QED) is 0.800. The third kappa shape index (κ3) is 4.02. The maximum absolute atomic E-state index is 12.0. The van der Waals surface area contributed by atoms with E-state index in [9.17, 15) is 19.2 Å². The highest BCUT2D eigenvalue weighted by molar-refractivity contribution is 8.15. The number of thiazole rings is 1. The van der Waals surface area contributed by atoms with Crippen molar-refractivity contribution >= 4 is 51.3 Å². The van der Waals surface area contributed by atoms with Gasteiger partial charge in [-0.1, -0.05) is 11.8 Å². The molecule has 10 heteroatoms. The molecule has 0 bridgehead atoms. The molecule has 0 radical (unpaired) electrons. The molecule has 1 atom stereocenters. The molecule has 1 aliphatic rings. The fourth-order valence-electron chi connectivity index (χ4n) is 1.66. The Labute approximate surface area is 127 Å². The van der Waals surface area contributed by atoms with Crippen molar-refractivity contribution in [1.29, 1.82) is 0 Å². The van der Waals surface area contributed by atoms with Gasteiger partial charge in [0.15, 0.2) is 5.13 Å². The third-order valence-corrected chi connectivity index (χ3v) is 4.37. The van der Waals surface area contributed by atoms with Crippen molar-refractivity contribution in [3.05, 3.63) is 11.6 Å². The van der Waals surface area contributed by atoms with E-state index < -0.39 is 28.3 Å². The molecule has 2 rings (SSSR count). The average molecular weight is 329 g/mol. The van der Waals surface area contributed by atoms with Crippen LogP contribution in [0, 0.1) is 0 Å². The van der Waals surface area contributed by atoms with Crippen LogP contribution in [0.2, 0.25) is 0 Å². The number of nitrogens with zero attached hydrogens (tertiary/aromatic N) is 2. The molecule has 2 heterocycles. The first kappa shape index (κ1) is 15.4. The minimum atomic E-state index is -1.09. The maximum Gasteiger partial charge on any atom is 0.305 e. The van der Waals surface area contributed by atoms with E-state index in [1.165, 1.54) is 17.5 Å². The van der Waals surface area contributed by atoms with Gasteiger partial charge >= 0.3 is 5.97 Å². The summed E-state index contributed by atoms with van der Waals surface area (Å²) in [6, 6.07) is 0. The van der Waals surface area contributed by atoms with Crippen molar-refractivity contribution in [1.82, 2.24) is 9.88 Å². The molecular formula is C11H11N3O5S2. The second kappa shape index (κ2) is 6.68. The van der Waals surface area contributed by atoms with Gasteiger partial charge in [-0.25, -0.2) is 4.98 Å². The minimum absolute atomic E-state index is 0.154. The van der Waals surface area contributed by atoms with Crippen LogP contribution < -0.4 is 5.32 Å². The van der Waals surface area contributed by atoms with Crippen LogP contribution in [0.15, 0.2) is 11.6 Å². The van der Waals surface area contributed by atoms with Gasteiger partial charge in [-0.05, 0) is 0 Å². The van der Waals surface area contributed by atoms with Crippen molar-refractivity contribution < 1.29 is 24.3 Å². The zero-order valence-electron chi connectivity index (χ0n) is 10.6. The summed E-state index contributed by atoms with van der Waals surface area (Å²) >= 11 is 1.99. The number of aromatic nitrogens is 1. The molecule has 0 saturated carbocycles. The maximum atomic E-state index is 12.0. The number of carboxylic acid groups (broad SMARTS) is 1. The normalized spacial score (nSPS) is 18.1. The number of hydrogen-bond acceptors (Lipinski definition) is 7. The minimum Gasteiger partial charge on any atom is -0.481 e. The number of carbonyl (C=O) groups is 4. The number of hydrogen-bond donors (Lipinski definition) is 2. The molecule has 1 aromatic heterocycles. The first-order valence-electron chi connectivity index (χ1n) is 5.90. The highest BCUT2D eigenvalue weighted by Crippen LogP contribution is 2.29. The number of carbonyl (C=O) groups excluding carboxylic acids is 3. The van der Waals surface area contributed by atoms with Gasteiger partial charge in [0.05, 0.1) is 6.42 Å². The van der Waals surface area contributed by atoms with E-state index in [0.29, 0.717) is 5.13 Å². The van der Waals surface area contributed by atoms with E-state index in [0.717, 1.165) is 16.7 Å². The Morgan fingerprint density at radius 1 is 1.43 bits per heavy atom. The Balaban J connectivity index is 1.89. The molecule has 0 spiro atoms. The first-order chi connectivity index (χ1) is 9.97. The second-order valence-corrected chi connectivity index (χ2v) is 6.14. The van der Waals surface area contributed by atoms with Crippen LogP contribution >= 0.6 is 23.1 Å². The molecule has 3 amide bonds. The SMILES string of the molecule is O=C(O)CCN1C(=O)S[C@@H](CC(=O)Nc2nccs2)C1=O. The van der Waals surface area contributed by atoms with Crippen LogP contribution in [-0.2, 0) is 14.4 Å². The summed E-state index contributed by atoms with van der Waals surface area (Å²) < 4.78 is 0. The molecule has 1 fully saturated rings. The predicted molar refractivity (Wildman–Crippen MR) is 76.1 cm³/mol. The molecule has 1 aliphatic heterocycles. The molecular weight excluding hydrogens is 318 g/mol. The largest absolute Gasteiger partial charge is 0.481 e. The Kier molecular flexibility index (Phi) is 4.91. The monoisotopic (exact) mass is 329 g/mol. The molecule has 2 N–H and O–H groups in total. The number of carboxylic acids is 1.